The number of rotatable bonds is 8. The molecule has 0 aliphatic rings. The molecule has 0 bridgehead atoms. The van der Waals surface area contributed by atoms with Gasteiger partial charge in [0, 0.05) is 17.0 Å². The topological polar surface area (TPSA) is 69.7 Å². The third kappa shape index (κ3) is 5.48. The largest absolute Gasteiger partial charge is 0.497 e. The number of thiazole rings is 1. The molecule has 0 spiro atoms. The molecule has 0 aliphatic carbocycles. The lowest BCUT2D eigenvalue weighted by atomic mass is 10.2. The Morgan fingerprint density at radius 1 is 0.967 bits per heavy atom. The predicted octanol–water partition coefficient (Wildman–Crippen LogP) is 5.04. The summed E-state index contributed by atoms with van der Waals surface area (Å²) in [5.74, 6) is 1.86. The van der Waals surface area contributed by atoms with Crippen LogP contribution in [0.1, 0.15) is 5.56 Å². The number of benzene rings is 2. The number of nitrogens with one attached hydrogen (secondary N) is 1. The average Bonchev–Trinajstić information content (AvgIpc) is 3.25. The molecule has 154 valence electrons. The number of anilines is 1. The summed E-state index contributed by atoms with van der Waals surface area (Å²) in [5, 5.41) is 5.22. The fraction of sp³-hybridized carbons (Fsp3) is 0.130. The molecule has 0 aliphatic heterocycles. The van der Waals surface area contributed by atoms with E-state index in [9.17, 15) is 4.79 Å². The van der Waals surface area contributed by atoms with E-state index < -0.39 is 0 Å². The van der Waals surface area contributed by atoms with Crippen molar-refractivity contribution in [2.45, 2.75) is 0 Å². The van der Waals surface area contributed by atoms with Crippen LogP contribution >= 0.6 is 11.3 Å². The molecule has 0 atom stereocenters. The molecule has 0 fully saturated rings. The molecule has 0 unspecified atom stereocenters. The zero-order valence-corrected chi connectivity index (χ0v) is 17.7. The van der Waals surface area contributed by atoms with Gasteiger partial charge in [-0.3, -0.25) is 10.1 Å². The molecule has 1 N–H and O–H groups in total. The molecular formula is C23H22N2O4S. The highest BCUT2D eigenvalue weighted by molar-refractivity contribution is 7.14. The molecule has 0 radical (unpaired) electrons. The van der Waals surface area contributed by atoms with Gasteiger partial charge >= 0.3 is 0 Å². The Balaban J connectivity index is 1.57. The first kappa shape index (κ1) is 21.1. The van der Waals surface area contributed by atoms with E-state index in [-0.39, 0.29) is 5.91 Å². The second kappa shape index (κ2) is 10.3. The van der Waals surface area contributed by atoms with E-state index in [0.717, 1.165) is 22.6 Å². The number of carbonyl (C=O) groups is 1. The molecule has 1 amide bonds. The van der Waals surface area contributed by atoms with E-state index in [1.807, 2.05) is 53.9 Å². The van der Waals surface area contributed by atoms with Crippen LogP contribution in [0.3, 0.4) is 0 Å². The van der Waals surface area contributed by atoms with E-state index >= 15 is 0 Å². The third-order valence-corrected chi connectivity index (χ3v) is 4.93. The number of aromatic nitrogens is 1. The van der Waals surface area contributed by atoms with Crippen LogP contribution in [0.2, 0.25) is 0 Å². The summed E-state index contributed by atoms with van der Waals surface area (Å²) in [6.45, 7) is 0. The number of hydrogen-bond acceptors (Lipinski definition) is 6. The summed E-state index contributed by atoms with van der Waals surface area (Å²) in [6.07, 6.45) is 6.78. The molecule has 0 saturated carbocycles. The molecule has 2 aromatic carbocycles. The smallest absolute Gasteiger partial charge is 0.250 e. The predicted molar refractivity (Wildman–Crippen MR) is 120 cm³/mol. The van der Waals surface area contributed by atoms with Gasteiger partial charge in [0.1, 0.15) is 5.75 Å². The number of carbonyl (C=O) groups excluding carboxylic acids is 1. The van der Waals surface area contributed by atoms with Gasteiger partial charge in [-0.05, 0) is 42.0 Å². The van der Waals surface area contributed by atoms with Gasteiger partial charge in [0.25, 0.3) is 0 Å². The van der Waals surface area contributed by atoms with E-state index in [4.69, 9.17) is 14.2 Å². The fourth-order valence-corrected chi connectivity index (χ4v) is 3.36. The summed E-state index contributed by atoms with van der Waals surface area (Å²) >= 11 is 1.37. The van der Waals surface area contributed by atoms with Gasteiger partial charge in [-0.2, -0.15) is 0 Å². The maximum absolute atomic E-state index is 12.1. The number of nitrogens with zero attached hydrogens (tertiary/aromatic N) is 1. The SMILES string of the molecule is COc1ccc(-c2csc(NC(=O)/C=C/C=C/c3ccc(OC)c(OC)c3)n2)cc1. The molecule has 30 heavy (non-hydrogen) atoms. The van der Waals surface area contributed by atoms with Crippen molar-refractivity contribution in [2.24, 2.45) is 0 Å². The number of amides is 1. The minimum atomic E-state index is -0.248. The van der Waals surface area contributed by atoms with E-state index in [0.29, 0.717) is 16.6 Å². The molecule has 1 aromatic heterocycles. The Hall–Kier alpha value is -3.58. The molecule has 0 saturated heterocycles. The van der Waals surface area contributed by atoms with Crippen molar-refractivity contribution >= 4 is 28.5 Å². The third-order valence-electron chi connectivity index (χ3n) is 4.18. The first-order chi connectivity index (χ1) is 14.6. The highest BCUT2D eigenvalue weighted by Crippen LogP contribution is 2.28. The number of methoxy groups -OCH3 is 3. The van der Waals surface area contributed by atoms with Crippen molar-refractivity contribution in [1.82, 2.24) is 4.98 Å². The Kier molecular flexibility index (Phi) is 7.24. The standard InChI is InChI=1S/C23H22N2O4S/c1-27-18-11-9-17(10-12-18)19-15-30-23(24-19)25-22(26)7-5-4-6-16-8-13-20(28-2)21(14-16)29-3/h4-15H,1-3H3,(H,24,25,26)/b6-4+,7-5+. The van der Waals surface area contributed by atoms with E-state index in [1.165, 1.54) is 17.4 Å². The first-order valence-corrected chi connectivity index (χ1v) is 9.98. The van der Waals surface area contributed by atoms with E-state index in [2.05, 4.69) is 10.3 Å². The Morgan fingerprint density at radius 3 is 2.43 bits per heavy atom. The van der Waals surface area contributed by atoms with Crippen LogP contribution in [-0.4, -0.2) is 32.2 Å². The highest BCUT2D eigenvalue weighted by Gasteiger charge is 2.06. The summed E-state index contributed by atoms with van der Waals surface area (Å²) < 4.78 is 15.7. The Morgan fingerprint density at radius 2 is 1.73 bits per heavy atom. The van der Waals surface area contributed by atoms with Gasteiger partial charge in [0.05, 0.1) is 27.0 Å². The second-order valence-electron chi connectivity index (χ2n) is 6.09. The number of allylic oxidation sites excluding steroid dienone is 2. The monoisotopic (exact) mass is 422 g/mol. The van der Waals surface area contributed by atoms with E-state index in [1.54, 1.807) is 33.5 Å². The van der Waals surface area contributed by atoms with Gasteiger partial charge < -0.3 is 14.2 Å². The zero-order valence-electron chi connectivity index (χ0n) is 16.9. The Bertz CT molecular complexity index is 1060. The van der Waals surface area contributed by atoms with Crippen molar-refractivity contribution < 1.29 is 19.0 Å². The van der Waals surface area contributed by atoms with Crippen molar-refractivity contribution in [1.29, 1.82) is 0 Å². The van der Waals surface area contributed by atoms with Crippen LogP contribution < -0.4 is 19.5 Å². The van der Waals surface area contributed by atoms with Crippen molar-refractivity contribution in [2.75, 3.05) is 26.6 Å². The van der Waals surface area contributed by atoms with Crippen LogP contribution in [0.25, 0.3) is 17.3 Å². The lowest BCUT2D eigenvalue weighted by Gasteiger charge is -2.07. The van der Waals surface area contributed by atoms with Gasteiger partial charge in [-0.15, -0.1) is 11.3 Å². The lowest BCUT2D eigenvalue weighted by molar-refractivity contribution is -0.111. The minimum absolute atomic E-state index is 0.248. The molecule has 6 nitrogen and oxygen atoms in total. The first-order valence-electron chi connectivity index (χ1n) is 9.10. The molecule has 3 rings (SSSR count). The number of ether oxygens (including phenoxy) is 3. The quantitative estimate of drug-likeness (QED) is 0.407. The van der Waals surface area contributed by atoms with Gasteiger partial charge in [0.2, 0.25) is 5.91 Å². The summed E-state index contributed by atoms with van der Waals surface area (Å²) in [6, 6.07) is 13.2. The van der Waals surface area contributed by atoms with Crippen LogP contribution in [0.4, 0.5) is 5.13 Å². The zero-order chi connectivity index (χ0) is 21.3. The van der Waals surface area contributed by atoms with Crippen LogP contribution in [0.5, 0.6) is 17.2 Å². The molecule has 1 heterocycles. The van der Waals surface area contributed by atoms with Crippen LogP contribution in [-0.2, 0) is 4.79 Å². The molecule has 7 heteroatoms. The Labute approximate surface area is 179 Å². The second-order valence-corrected chi connectivity index (χ2v) is 6.95. The van der Waals surface area contributed by atoms with Gasteiger partial charge in [-0.1, -0.05) is 24.3 Å². The van der Waals surface area contributed by atoms with Crippen molar-refractivity contribution in [3.8, 4) is 28.5 Å². The van der Waals surface area contributed by atoms with Gasteiger partial charge in [-0.25, -0.2) is 4.98 Å². The normalized spacial score (nSPS) is 11.0. The average molecular weight is 423 g/mol. The summed E-state index contributed by atoms with van der Waals surface area (Å²) in [4.78, 5) is 16.6. The van der Waals surface area contributed by atoms with Crippen molar-refractivity contribution in [3.63, 3.8) is 0 Å². The summed E-state index contributed by atoms with van der Waals surface area (Å²) in [5.41, 5.74) is 2.69. The van der Waals surface area contributed by atoms with Crippen LogP contribution in [0, 0.1) is 0 Å². The highest BCUT2D eigenvalue weighted by atomic mass is 32.1. The van der Waals surface area contributed by atoms with Gasteiger partial charge in [0.15, 0.2) is 16.6 Å². The number of hydrogen-bond donors (Lipinski definition) is 1. The summed E-state index contributed by atoms with van der Waals surface area (Å²) in [7, 11) is 4.81. The molecular weight excluding hydrogens is 400 g/mol. The maximum Gasteiger partial charge on any atom is 0.250 e. The fourth-order valence-electron chi connectivity index (χ4n) is 2.64. The maximum atomic E-state index is 12.1. The molecule has 3 aromatic rings. The minimum Gasteiger partial charge on any atom is -0.497 e. The van der Waals surface area contributed by atoms with Crippen molar-refractivity contribution in [3.05, 3.63) is 71.6 Å². The lowest BCUT2D eigenvalue weighted by Crippen LogP contribution is -2.07. The van der Waals surface area contributed by atoms with Crippen LogP contribution in [0.15, 0.2) is 66.1 Å².